The minimum atomic E-state index is -4.53. The van der Waals surface area contributed by atoms with Crippen LogP contribution in [0.25, 0.3) is 0 Å². The predicted octanol–water partition coefficient (Wildman–Crippen LogP) is 1.77. The van der Waals surface area contributed by atoms with E-state index >= 15 is 0 Å². The van der Waals surface area contributed by atoms with E-state index in [4.69, 9.17) is 5.11 Å². The van der Waals surface area contributed by atoms with Gasteiger partial charge >= 0.3 is 18.1 Å². The number of methoxy groups -OCH3 is 1. The van der Waals surface area contributed by atoms with Crippen LogP contribution in [0.4, 0.5) is 13.2 Å². The van der Waals surface area contributed by atoms with E-state index in [0.717, 1.165) is 25.3 Å². The molecule has 0 saturated carbocycles. The number of ether oxygens (including phenoxy) is 1. The number of esters is 1. The normalized spacial score (nSPS) is 12.3. The number of carboxylic acid groups (broad SMARTS) is 1. The largest absolute Gasteiger partial charge is 0.480 e. The Labute approximate surface area is 135 Å². The summed E-state index contributed by atoms with van der Waals surface area (Å²) in [6.07, 6.45) is -5.34. The van der Waals surface area contributed by atoms with Gasteiger partial charge in [-0.05, 0) is 18.1 Å². The maximum Gasteiger partial charge on any atom is 0.416 e. The third kappa shape index (κ3) is 6.27. The number of alkyl halides is 3. The molecule has 0 radical (unpaired) electrons. The highest BCUT2D eigenvalue weighted by molar-refractivity contribution is 5.85. The van der Waals surface area contributed by atoms with E-state index in [1.165, 1.54) is 6.07 Å². The van der Waals surface area contributed by atoms with Gasteiger partial charge in [0, 0.05) is 6.42 Å². The van der Waals surface area contributed by atoms with Crippen LogP contribution in [-0.2, 0) is 31.7 Å². The number of carboxylic acids is 1. The van der Waals surface area contributed by atoms with Crippen molar-refractivity contribution in [1.29, 1.82) is 0 Å². The summed E-state index contributed by atoms with van der Waals surface area (Å²) in [6.45, 7) is 0. The SMILES string of the molecule is COC(=O)CC[C@@H](NC(=O)Cc1cccc(C(F)(F)F)c1)C(=O)O. The van der Waals surface area contributed by atoms with Crippen LogP contribution in [0.3, 0.4) is 0 Å². The van der Waals surface area contributed by atoms with Gasteiger partial charge in [-0.25, -0.2) is 4.79 Å². The van der Waals surface area contributed by atoms with Crippen LogP contribution in [0.5, 0.6) is 0 Å². The molecule has 0 aromatic heterocycles. The molecule has 0 unspecified atom stereocenters. The summed E-state index contributed by atoms with van der Waals surface area (Å²) >= 11 is 0. The Morgan fingerprint density at radius 2 is 1.96 bits per heavy atom. The lowest BCUT2D eigenvalue weighted by Crippen LogP contribution is -2.41. The molecule has 0 fully saturated rings. The number of carbonyl (C=O) groups is 3. The van der Waals surface area contributed by atoms with Gasteiger partial charge in [0.05, 0.1) is 19.1 Å². The average molecular weight is 347 g/mol. The Kier molecular flexibility index (Phi) is 6.75. The highest BCUT2D eigenvalue weighted by Gasteiger charge is 2.30. The first-order chi connectivity index (χ1) is 11.1. The zero-order valence-electron chi connectivity index (χ0n) is 12.7. The molecule has 24 heavy (non-hydrogen) atoms. The summed E-state index contributed by atoms with van der Waals surface area (Å²) in [5.74, 6) is -2.74. The number of aliphatic carboxylic acids is 1. The monoisotopic (exact) mass is 347 g/mol. The van der Waals surface area contributed by atoms with Gasteiger partial charge in [0.2, 0.25) is 5.91 Å². The maximum atomic E-state index is 12.6. The summed E-state index contributed by atoms with van der Waals surface area (Å²) < 4.78 is 42.2. The van der Waals surface area contributed by atoms with Crippen LogP contribution in [0.2, 0.25) is 0 Å². The third-order valence-corrected chi connectivity index (χ3v) is 3.12. The molecule has 0 aliphatic carbocycles. The molecule has 2 N–H and O–H groups in total. The van der Waals surface area contributed by atoms with Crippen LogP contribution in [-0.4, -0.2) is 36.1 Å². The van der Waals surface area contributed by atoms with E-state index in [9.17, 15) is 27.6 Å². The molecule has 0 aliphatic heterocycles. The molecule has 1 amide bonds. The van der Waals surface area contributed by atoms with Crippen LogP contribution in [0.1, 0.15) is 24.0 Å². The number of nitrogens with one attached hydrogen (secondary N) is 1. The lowest BCUT2D eigenvalue weighted by Gasteiger charge is -2.14. The number of rotatable bonds is 7. The molecule has 0 heterocycles. The van der Waals surface area contributed by atoms with Gasteiger partial charge in [-0.1, -0.05) is 18.2 Å². The molecule has 1 aromatic rings. The number of hydrogen-bond donors (Lipinski definition) is 2. The van der Waals surface area contributed by atoms with E-state index in [-0.39, 0.29) is 18.4 Å². The lowest BCUT2D eigenvalue weighted by atomic mass is 10.1. The number of hydrogen-bond acceptors (Lipinski definition) is 4. The van der Waals surface area contributed by atoms with E-state index in [0.29, 0.717) is 0 Å². The second-order valence-corrected chi connectivity index (χ2v) is 4.95. The fourth-order valence-corrected chi connectivity index (χ4v) is 1.91. The van der Waals surface area contributed by atoms with Gasteiger partial charge < -0.3 is 15.2 Å². The number of benzene rings is 1. The molecule has 1 rings (SSSR count). The smallest absolute Gasteiger partial charge is 0.416 e. The van der Waals surface area contributed by atoms with Crippen LogP contribution in [0.15, 0.2) is 24.3 Å². The highest BCUT2D eigenvalue weighted by atomic mass is 19.4. The van der Waals surface area contributed by atoms with Crippen molar-refractivity contribution in [3.63, 3.8) is 0 Å². The second kappa shape index (κ2) is 8.32. The number of carbonyl (C=O) groups excluding carboxylic acids is 2. The Bertz CT molecular complexity index is 615. The Morgan fingerprint density at radius 3 is 2.50 bits per heavy atom. The van der Waals surface area contributed by atoms with E-state index in [1.54, 1.807) is 0 Å². The topological polar surface area (TPSA) is 92.7 Å². The zero-order chi connectivity index (χ0) is 18.3. The Balaban J connectivity index is 2.69. The Hall–Kier alpha value is -2.58. The molecule has 0 aliphatic rings. The lowest BCUT2D eigenvalue weighted by molar-refractivity contribution is -0.144. The van der Waals surface area contributed by atoms with Crippen molar-refractivity contribution in [2.75, 3.05) is 7.11 Å². The average Bonchev–Trinajstić information content (AvgIpc) is 2.50. The van der Waals surface area contributed by atoms with Gasteiger partial charge in [0.15, 0.2) is 0 Å². The first kappa shape index (κ1) is 19.5. The Morgan fingerprint density at radius 1 is 1.29 bits per heavy atom. The molecule has 1 aromatic carbocycles. The molecular formula is C15H16F3NO5. The van der Waals surface area contributed by atoms with Gasteiger partial charge in [0.25, 0.3) is 0 Å². The zero-order valence-corrected chi connectivity index (χ0v) is 12.7. The van der Waals surface area contributed by atoms with Crippen molar-refractivity contribution in [2.24, 2.45) is 0 Å². The van der Waals surface area contributed by atoms with Crippen LogP contribution in [0, 0.1) is 0 Å². The number of halogens is 3. The van der Waals surface area contributed by atoms with Crippen LogP contribution >= 0.6 is 0 Å². The molecule has 132 valence electrons. The van der Waals surface area contributed by atoms with Gasteiger partial charge in [-0.15, -0.1) is 0 Å². The molecular weight excluding hydrogens is 331 g/mol. The van der Waals surface area contributed by atoms with Gasteiger partial charge in [0.1, 0.15) is 6.04 Å². The van der Waals surface area contributed by atoms with Gasteiger partial charge in [-0.2, -0.15) is 13.2 Å². The summed E-state index contributed by atoms with van der Waals surface area (Å²) in [6, 6.07) is 2.86. The van der Waals surface area contributed by atoms with Crippen LogP contribution < -0.4 is 5.32 Å². The summed E-state index contributed by atoms with van der Waals surface area (Å²) in [7, 11) is 1.14. The van der Waals surface area contributed by atoms with Crippen molar-refractivity contribution in [3.8, 4) is 0 Å². The first-order valence-corrected chi connectivity index (χ1v) is 6.88. The van der Waals surface area contributed by atoms with Crippen molar-refractivity contribution < 1.29 is 37.4 Å². The third-order valence-electron chi connectivity index (χ3n) is 3.12. The fourth-order valence-electron chi connectivity index (χ4n) is 1.91. The highest BCUT2D eigenvalue weighted by Crippen LogP contribution is 2.29. The molecule has 6 nitrogen and oxygen atoms in total. The van der Waals surface area contributed by atoms with E-state index in [1.807, 2.05) is 0 Å². The molecule has 1 atom stereocenters. The van der Waals surface area contributed by atoms with E-state index in [2.05, 4.69) is 10.1 Å². The fraction of sp³-hybridized carbons (Fsp3) is 0.400. The van der Waals surface area contributed by atoms with Gasteiger partial charge in [-0.3, -0.25) is 9.59 Å². The molecule has 0 spiro atoms. The van der Waals surface area contributed by atoms with Crippen molar-refractivity contribution in [2.45, 2.75) is 31.5 Å². The summed E-state index contributed by atoms with van der Waals surface area (Å²) in [4.78, 5) is 33.9. The minimum absolute atomic E-state index is 0.0967. The summed E-state index contributed by atoms with van der Waals surface area (Å²) in [5, 5.41) is 11.2. The molecule has 0 saturated heterocycles. The summed E-state index contributed by atoms with van der Waals surface area (Å²) in [5.41, 5.74) is -0.798. The van der Waals surface area contributed by atoms with Crippen molar-refractivity contribution >= 4 is 17.8 Å². The predicted molar refractivity (Wildman–Crippen MR) is 76.0 cm³/mol. The quantitative estimate of drug-likeness (QED) is 0.734. The standard InChI is InChI=1S/C15H16F3NO5/c1-24-13(21)6-5-11(14(22)23)19-12(20)8-9-3-2-4-10(7-9)15(16,17)18/h2-4,7,11H,5-6,8H2,1H3,(H,19,20)(H,22,23)/t11-/m1/s1. The molecule has 9 heteroatoms. The first-order valence-electron chi connectivity index (χ1n) is 6.88. The minimum Gasteiger partial charge on any atom is -0.480 e. The van der Waals surface area contributed by atoms with Crippen molar-refractivity contribution in [1.82, 2.24) is 5.32 Å². The molecule has 0 bridgehead atoms. The van der Waals surface area contributed by atoms with Crippen molar-refractivity contribution in [3.05, 3.63) is 35.4 Å². The number of amides is 1. The maximum absolute atomic E-state index is 12.6. The second-order valence-electron chi connectivity index (χ2n) is 4.95. The van der Waals surface area contributed by atoms with E-state index < -0.39 is 42.0 Å².